The monoisotopic (exact) mass is 475 g/mol. The van der Waals surface area contributed by atoms with Gasteiger partial charge in [-0.3, -0.25) is 0 Å². The van der Waals surface area contributed by atoms with Crippen molar-refractivity contribution in [1.82, 2.24) is 9.88 Å². The molecule has 1 fully saturated rings. The molecule has 0 aliphatic carbocycles. The zero-order chi connectivity index (χ0) is 20.6. The van der Waals surface area contributed by atoms with Crippen LogP contribution in [0.5, 0.6) is 0 Å². The second-order valence-electron chi connectivity index (χ2n) is 7.25. The van der Waals surface area contributed by atoms with Crippen LogP contribution < -0.4 is 4.90 Å². The van der Waals surface area contributed by atoms with Crippen molar-refractivity contribution in [3.8, 4) is 11.5 Å². The van der Waals surface area contributed by atoms with Gasteiger partial charge in [0.05, 0.1) is 4.90 Å². The molecule has 2 aromatic carbocycles. The summed E-state index contributed by atoms with van der Waals surface area (Å²) in [6.45, 7) is 5.01. The summed E-state index contributed by atoms with van der Waals surface area (Å²) >= 11 is 3.35. The van der Waals surface area contributed by atoms with E-state index in [-0.39, 0.29) is 9.92 Å². The highest BCUT2D eigenvalue weighted by molar-refractivity contribution is 9.10. The van der Waals surface area contributed by atoms with Crippen LogP contribution in [-0.4, -0.2) is 51.5 Å². The molecule has 1 aromatic heterocycles. The van der Waals surface area contributed by atoms with Crippen LogP contribution in [0.3, 0.4) is 0 Å². The number of halogens is 1. The lowest BCUT2D eigenvalue weighted by molar-refractivity contribution is 0.305. The van der Waals surface area contributed by atoms with Crippen molar-refractivity contribution in [3.63, 3.8) is 0 Å². The Balaban J connectivity index is 1.83. The second-order valence-corrected chi connectivity index (χ2v) is 10.0. The van der Waals surface area contributed by atoms with E-state index in [1.165, 1.54) is 0 Å². The van der Waals surface area contributed by atoms with Crippen molar-refractivity contribution in [3.05, 3.63) is 58.6 Å². The number of anilines is 1. The van der Waals surface area contributed by atoms with Crippen LogP contribution >= 0.6 is 15.9 Å². The third-order valence-corrected chi connectivity index (χ3v) is 7.21. The summed E-state index contributed by atoms with van der Waals surface area (Å²) in [5.41, 5.74) is 1.82. The van der Waals surface area contributed by atoms with Gasteiger partial charge in [-0.1, -0.05) is 33.6 Å². The van der Waals surface area contributed by atoms with Gasteiger partial charge in [0, 0.05) is 36.2 Å². The van der Waals surface area contributed by atoms with Gasteiger partial charge in [-0.2, -0.15) is 4.98 Å². The maximum Gasteiger partial charge on any atom is 0.236 e. The van der Waals surface area contributed by atoms with Gasteiger partial charge >= 0.3 is 0 Å². The summed E-state index contributed by atoms with van der Waals surface area (Å²) < 4.78 is 33.7. The average molecular weight is 476 g/mol. The predicted molar refractivity (Wildman–Crippen MR) is 116 cm³/mol. The molecule has 0 amide bonds. The summed E-state index contributed by atoms with van der Waals surface area (Å²) in [5, 5.41) is -0.0270. The standard InChI is InChI=1S/C21H22BrN3O3S/c1-15-4-3-5-16(14-15)19-23-20(21(28-19)25-12-10-24(2)11-13-25)29(26,27)18-8-6-17(22)7-9-18/h3-9,14H,10-13H2,1-2H3. The van der Waals surface area contributed by atoms with Gasteiger partial charge in [0.2, 0.25) is 26.6 Å². The van der Waals surface area contributed by atoms with Gasteiger partial charge in [-0.05, 0) is 50.4 Å². The van der Waals surface area contributed by atoms with Gasteiger partial charge in [0.25, 0.3) is 0 Å². The molecule has 8 heteroatoms. The Hall–Kier alpha value is -2.16. The van der Waals surface area contributed by atoms with Crippen LogP contribution in [-0.2, 0) is 9.84 Å². The maximum absolute atomic E-state index is 13.4. The lowest BCUT2D eigenvalue weighted by Gasteiger charge is -2.32. The summed E-state index contributed by atoms with van der Waals surface area (Å²) in [7, 11) is -1.78. The van der Waals surface area contributed by atoms with Crippen molar-refractivity contribution in [2.75, 3.05) is 38.1 Å². The molecule has 152 valence electrons. The van der Waals surface area contributed by atoms with Gasteiger partial charge in [-0.25, -0.2) is 8.42 Å². The smallest absolute Gasteiger partial charge is 0.236 e. The topological polar surface area (TPSA) is 66.7 Å². The number of likely N-dealkylation sites (N-methyl/N-ethyl adjacent to an activating group) is 1. The molecule has 0 saturated carbocycles. The minimum Gasteiger partial charge on any atom is -0.419 e. The lowest BCUT2D eigenvalue weighted by atomic mass is 10.1. The molecule has 0 spiro atoms. The van der Waals surface area contributed by atoms with Crippen molar-refractivity contribution >= 4 is 31.7 Å². The van der Waals surface area contributed by atoms with E-state index in [1.807, 2.05) is 36.1 Å². The van der Waals surface area contributed by atoms with Crippen LogP contribution in [0.15, 0.2) is 67.3 Å². The van der Waals surface area contributed by atoms with Gasteiger partial charge in [0.15, 0.2) is 0 Å². The van der Waals surface area contributed by atoms with Crippen LogP contribution in [0.1, 0.15) is 5.56 Å². The molecule has 0 unspecified atom stereocenters. The highest BCUT2D eigenvalue weighted by Crippen LogP contribution is 2.35. The molecular weight excluding hydrogens is 454 g/mol. The van der Waals surface area contributed by atoms with E-state index in [9.17, 15) is 8.42 Å². The van der Waals surface area contributed by atoms with Gasteiger partial charge in [-0.15, -0.1) is 0 Å². The summed E-state index contributed by atoms with van der Waals surface area (Å²) in [5.74, 6) is 0.635. The van der Waals surface area contributed by atoms with Crippen LogP contribution in [0.2, 0.25) is 0 Å². The van der Waals surface area contributed by atoms with E-state index >= 15 is 0 Å². The Morgan fingerprint density at radius 1 is 1.03 bits per heavy atom. The zero-order valence-electron chi connectivity index (χ0n) is 16.3. The Kier molecular flexibility index (Phi) is 5.50. The minimum absolute atomic E-state index is 0.0270. The molecule has 2 heterocycles. The number of rotatable bonds is 4. The van der Waals surface area contributed by atoms with Crippen LogP contribution in [0.25, 0.3) is 11.5 Å². The molecule has 3 aromatic rings. The van der Waals surface area contributed by atoms with E-state index in [2.05, 4.69) is 32.9 Å². The van der Waals surface area contributed by atoms with Crippen LogP contribution in [0.4, 0.5) is 5.88 Å². The summed E-state index contributed by atoms with van der Waals surface area (Å²) in [6.07, 6.45) is 0. The van der Waals surface area contributed by atoms with Gasteiger partial charge < -0.3 is 14.2 Å². The molecular formula is C21H22BrN3O3S. The third kappa shape index (κ3) is 4.10. The minimum atomic E-state index is -3.83. The Bertz CT molecular complexity index is 1120. The number of nitrogens with zero attached hydrogens (tertiary/aromatic N) is 3. The fourth-order valence-corrected chi connectivity index (χ4v) is 4.90. The first-order valence-corrected chi connectivity index (χ1v) is 11.6. The van der Waals surface area contributed by atoms with Crippen molar-refractivity contribution in [2.45, 2.75) is 16.8 Å². The van der Waals surface area contributed by atoms with E-state index in [0.29, 0.717) is 24.9 Å². The third-order valence-electron chi connectivity index (χ3n) is 5.01. The molecule has 0 bridgehead atoms. The molecule has 1 aliphatic rings. The number of sulfone groups is 1. The molecule has 1 saturated heterocycles. The number of hydrogen-bond acceptors (Lipinski definition) is 6. The molecule has 29 heavy (non-hydrogen) atoms. The van der Waals surface area contributed by atoms with Crippen molar-refractivity contribution in [2.24, 2.45) is 0 Å². The quantitative estimate of drug-likeness (QED) is 0.567. The number of aryl methyl sites for hydroxylation is 1. The highest BCUT2D eigenvalue weighted by Gasteiger charge is 2.32. The molecule has 1 aliphatic heterocycles. The Labute approximate surface area is 179 Å². The number of oxazole rings is 1. The first kappa shape index (κ1) is 20.1. The number of aromatic nitrogens is 1. The normalized spacial score (nSPS) is 15.6. The first-order valence-electron chi connectivity index (χ1n) is 9.36. The fourth-order valence-electron chi connectivity index (χ4n) is 3.31. The fraction of sp³-hybridized carbons (Fsp3) is 0.286. The van der Waals surface area contributed by atoms with Gasteiger partial charge in [0.1, 0.15) is 0 Å². The number of hydrogen-bond donors (Lipinski definition) is 0. The predicted octanol–water partition coefficient (Wildman–Crippen LogP) is 4.00. The van der Waals surface area contributed by atoms with Crippen LogP contribution in [0, 0.1) is 6.92 Å². The molecule has 0 atom stereocenters. The maximum atomic E-state index is 13.4. The van der Waals surface area contributed by atoms with Crippen molar-refractivity contribution < 1.29 is 12.8 Å². The summed E-state index contributed by atoms with van der Waals surface area (Å²) in [4.78, 5) is 8.84. The SMILES string of the molecule is Cc1cccc(-c2nc(S(=O)(=O)c3ccc(Br)cc3)c(N3CCN(C)CC3)o2)c1. The van der Waals surface area contributed by atoms with E-state index in [1.54, 1.807) is 24.3 Å². The average Bonchev–Trinajstić information content (AvgIpc) is 3.15. The van der Waals surface area contributed by atoms with E-state index in [4.69, 9.17) is 4.42 Å². The highest BCUT2D eigenvalue weighted by atomic mass is 79.9. The largest absolute Gasteiger partial charge is 0.419 e. The first-order chi connectivity index (χ1) is 13.8. The molecule has 4 rings (SSSR count). The molecule has 0 N–H and O–H groups in total. The zero-order valence-corrected chi connectivity index (χ0v) is 18.7. The van der Waals surface area contributed by atoms with E-state index < -0.39 is 9.84 Å². The summed E-state index contributed by atoms with van der Waals surface area (Å²) in [6, 6.07) is 14.3. The number of piperazine rings is 1. The molecule has 6 nitrogen and oxygen atoms in total. The van der Waals surface area contributed by atoms with Crippen molar-refractivity contribution in [1.29, 1.82) is 0 Å². The second kappa shape index (κ2) is 7.93. The van der Waals surface area contributed by atoms with E-state index in [0.717, 1.165) is 28.7 Å². The molecule has 0 radical (unpaired) electrons. The lowest BCUT2D eigenvalue weighted by Crippen LogP contribution is -2.44. The Morgan fingerprint density at radius 3 is 2.38 bits per heavy atom. The number of benzene rings is 2. The Morgan fingerprint density at radius 2 is 1.72 bits per heavy atom.